The molecule has 3 aromatic heterocycles. The minimum absolute atomic E-state index is 0.0739. The zero-order valence-electron chi connectivity index (χ0n) is 21.7. The summed E-state index contributed by atoms with van der Waals surface area (Å²) >= 11 is 0. The van der Waals surface area contributed by atoms with E-state index in [2.05, 4.69) is 26.1 Å². The Balaban J connectivity index is 1.16. The van der Waals surface area contributed by atoms with Gasteiger partial charge < -0.3 is 9.42 Å². The van der Waals surface area contributed by atoms with Crippen LogP contribution in [0.2, 0.25) is 0 Å². The normalized spacial score (nSPS) is 19.0. The van der Waals surface area contributed by atoms with Gasteiger partial charge in [0.1, 0.15) is 11.5 Å². The molecule has 212 valence electrons. The second-order valence-corrected chi connectivity index (χ2v) is 11.2. The summed E-state index contributed by atoms with van der Waals surface area (Å²) in [5, 5.41) is 4.18. The molecule has 1 saturated carbocycles. The van der Waals surface area contributed by atoms with Crippen LogP contribution in [-0.2, 0) is 12.4 Å². The van der Waals surface area contributed by atoms with Crippen molar-refractivity contribution in [3.63, 3.8) is 0 Å². The number of benzene rings is 1. The largest absolute Gasteiger partial charge is 0.417 e. The fourth-order valence-electron chi connectivity index (χ4n) is 6.24. The van der Waals surface area contributed by atoms with E-state index in [1.807, 2.05) is 0 Å². The molecule has 3 aliphatic rings. The smallest absolute Gasteiger partial charge is 0.371 e. The third-order valence-electron chi connectivity index (χ3n) is 8.55. The van der Waals surface area contributed by atoms with Crippen LogP contribution in [-0.4, -0.2) is 28.2 Å². The van der Waals surface area contributed by atoms with Crippen LogP contribution in [0.5, 0.6) is 0 Å². The number of allylic oxidation sites excluding steroid dienone is 2. The molecule has 0 amide bonds. The highest BCUT2D eigenvalue weighted by Gasteiger charge is 2.45. The first-order valence-corrected chi connectivity index (χ1v) is 13.5. The van der Waals surface area contributed by atoms with Gasteiger partial charge in [-0.25, -0.2) is 0 Å². The van der Waals surface area contributed by atoms with Crippen LogP contribution in [0.25, 0.3) is 27.7 Å². The van der Waals surface area contributed by atoms with E-state index >= 15 is 0 Å². The highest BCUT2D eigenvalue weighted by molar-refractivity contribution is 5.87. The average Bonchev–Trinajstić information content (AvgIpc) is 3.68. The molecule has 2 aliphatic carbocycles. The lowest BCUT2D eigenvalue weighted by Crippen LogP contribution is -2.42. The topological polar surface area (TPSA) is 55.1 Å². The Kier molecular flexibility index (Phi) is 5.75. The van der Waals surface area contributed by atoms with Gasteiger partial charge in [-0.15, -0.1) is 0 Å². The molecule has 4 aromatic rings. The summed E-state index contributed by atoms with van der Waals surface area (Å²) in [4.78, 5) is 10.1. The summed E-state index contributed by atoms with van der Waals surface area (Å²) in [7, 11) is 0. The lowest BCUT2D eigenvalue weighted by atomic mass is 9.63. The number of piperidine rings is 1. The van der Waals surface area contributed by atoms with Gasteiger partial charge in [-0.2, -0.15) is 26.3 Å². The SMILES string of the molecule is FC(F)(F)c1ccncc1-c1noc(C2CC2)c1C1=CC2(CCN(c3ccc4nccc(C(F)(F)F)c4c3)CC2)C1. The van der Waals surface area contributed by atoms with E-state index in [1.54, 1.807) is 18.2 Å². The summed E-state index contributed by atoms with van der Waals surface area (Å²) in [6, 6.07) is 6.93. The zero-order chi connectivity index (χ0) is 28.6. The molecular weight excluding hydrogens is 546 g/mol. The molecule has 0 N–H and O–H groups in total. The molecule has 0 bridgehead atoms. The Bertz CT molecular complexity index is 1680. The maximum absolute atomic E-state index is 13.8. The molecule has 1 aliphatic heterocycles. The number of hydrogen-bond donors (Lipinski definition) is 0. The third-order valence-corrected chi connectivity index (χ3v) is 8.55. The molecular formula is C30H24F6N4O. The molecule has 11 heteroatoms. The molecule has 1 saturated heterocycles. The van der Waals surface area contributed by atoms with Gasteiger partial charge in [-0.1, -0.05) is 11.2 Å². The van der Waals surface area contributed by atoms with Crippen LogP contribution in [0, 0.1) is 5.41 Å². The minimum atomic E-state index is -4.56. The van der Waals surface area contributed by atoms with Gasteiger partial charge in [0.2, 0.25) is 0 Å². The molecule has 0 atom stereocenters. The molecule has 41 heavy (non-hydrogen) atoms. The fraction of sp³-hybridized carbons (Fsp3) is 0.367. The Morgan fingerprint density at radius 2 is 1.61 bits per heavy atom. The average molecular weight is 571 g/mol. The lowest BCUT2D eigenvalue weighted by molar-refractivity contribution is -0.137. The maximum Gasteiger partial charge on any atom is 0.417 e. The second kappa shape index (κ2) is 9.06. The predicted octanol–water partition coefficient (Wildman–Crippen LogP) is 8.27. The van der Waals surface area contributed by atoms with E-state index in [0.717, 1.165) is 49.6 Å². The molecule has 7 rings (SSSR count). The van der Waals surface area contributed by atoms with Crippen LogP contribution in [0.1, 0.15) is 60.5 Å². The van der Waals surface area contributed by atoms with Gasteiger partial charge in [0.05, 0.1) is 16.6 Å². The Hall–Kier alpha value is -3.89. The van der Waals surface area contributed by atoms with Crippen LogP contribution in [0.4, 0.5) is 32.0 Å². The van der Waals surface area contributed by atoms with Gasteiger partial charge in [0.15, 0.2) is 0 Å². The van der Waals surface area contributed by atoms with Crippen LogP contribution in [0.15, 0.2) is 59.5 Å². The summed E-state index contributed by atoms with van der Waals surface area (Å²) in [5.74, 6) is 0.793. The van der Waals surface area contributed by atoms with Crippen molar-refractivity contribution in [3.05, 3.63) is 77.4 Å². The number of rotatable bonds is 4. The van der Waals surface area contributed by atoms with Crippen molar-refractivity contribution in [2.75, 3.05) is 18.0 Å². The number of anilines is 1. The third kappa shape index (κ3) is 4.55. The Labute approximate surface area is 230 Å². The molecule has 2 fully saturated rings. The number of pyridine rings is 2. The van der Waals surface area contributed by atoms with Crippen LogP contribution < -0.4 is 4.90 Å². The lowest BCUT2D eigenvalue weighted by Gasteiger charge is -2.47. The number of nitrogens with zero attached hydrogens (tertiary/aromatic N) is 4. The van der Waals surface area contributed by atoms with Crippen LogP contribution in [0.3, 0.4) is 0 Å². The van der Waals surface area contributed by atoms with E-state index in [1.165, 1.54) is 12.4 Å². The van der Waals surface area contributed by atoms with E-state index in [9.17, 15) is 26.3 Å². The quantitative estimate of drug-likeness (QED) is 0.231. The molecule has 1 spiro atoms. The molecule has 4 heterocycles. The predicted molar refractivity (Wildman–Crippen MR) is 140 cm³/mol. The van der Waals surface area contributed by atoms with Gasteiger partial charge in [0.25, 0.3) is 0 Å². The van der Waals surface area contributed by atoms with E-state index in [0.29, 0.717) is 42.0 Å². The monoisotopic (exact) mass is 570 g/mol. The van der Waals surface area contributed by atoms with Crippen molar-refractivity contribution in [1.82, 2.24) is 15.1 Å². The molecule has 0 unspecified atom stereocenters. The second-order valence-electron chi connectivity index (χ2n) is 11.2. The summed E-state index contributed by atoms with van der Waals surface area (Å²) < 4.78 is 87.8. The molecule has 0 radical (unpaired) electrons. The highest BCUT2D eigenvalue weighted by atomic mass is 19.4. The Morgan fingerprint density at radius 3 is 2.29 bits per heavy atom. The summed E-state index contributed by atoms with van der Waals surface area (Å²) in [6.45, 7) is 1.29. The van der Waals surface area contributed by atoms with Gasteiger partial charge in [-0.05, 0) is 73.4 Å². The number of halogens is 6. The van der Waals surface area contributed by atoms with Gasteiger partial charge in [0, 0.05) is 59.8 Å². The highest BCUT2D eigenvalue weighted by Crippen LogP contribution is 2.56. The van der Waals surface area contributed by atoms with Crippen molar-refractivity contribution in [3.8, 4) is 11.3 Å². The zero-order valence-corrected chi connectivity index (χ0v) is 21.7. The van der Waals surface area contributed by atoms with E-state index < -0.39 is 23.5 Å². The summed E-state index contributed by atoms with van der Waals surface area (Å²) in [5.41, 5.74) is 1.04. The van der Waals surface area contributed by atoms with E-state index in [4.69, 9.17) is 4.52 Å². The van der Waals surface area contributed by atoms with Crippen molar-refractivity contribution in [1.29, 1.82) is 0 Å². The van der Waals surface area contributed by atoms with Crippen molar-refractivity contribution in [2.24, 2.45) is 5.41 Å². The maximum atomic E-state index is 13.8. The number of fused-ring (bicyclic) bond motifs is 1. The first-order chi connectivity index (χ1) is 19.5. The molecule has 5 nitrogen and oxygen atoms in total. The standard InChI is InChI=1S/C30H24F6N4O/c31-29(32,33)22-6-10-38-24-4-3-19(13-20(22)24)40-11-7-28(8-12-40)14-18(15-28)25-26(39-41-27(25)17-1-2-17)21-16-37-9-5-23(21)30(34,35)36/h3-6,9-10,13-14,16-17H,1-2,7-8,11-12,15H2. The first kappa shape index (κ1) is 26.0. The minimum Gasteiger partial charge on any atom is -0.371 e. The van der Waals surface area contributed by atoms with Crippen molar-refractivity contribution >= 4 is 22.2 Å². The van der Waals surface area contributed by atoms with Crippen molar-refractivity contribution in [2.45, 2.75) is 50.4 Å². The number of hydrogen-bond acceptors (Lipinski definition) is 5. The Morgan fingerprint density at radius 1 is 0.902 bits per heavy atom. The first-order valence-electron chi connectivity index (χ1n) is 13.5. The fourth-order valence-corrected chi connectivity index (χ4v) is 6.24. The summed E-state index contributed by atoms with van der Waals surface area (Å²) in [6.07, 6.45) is 0.624. The van der Waals surface area contributed by atoms with Crippen LogP contribution >= 0.6 is 0 Å². The number of alkyl halides is 6. The van der Waals surface area contributed by atoms with E-state index in [-0.39, 0.29) is 28.0 Å². The number of aromatic nitrogens is 3. The van der Waals surface area contributed by atoms with Crippen molar-refractivity contribution < 1.29 is 30.9 Å². The molecule has 1 aromatic carbocycles. The van der Waals surface area contributed by atoms with Gasteiger partial charge in [-0.3, -0.25) is 9.97 Å². The van der Waals surface area contributed by atoms with Gasteiger partial charge >= 0.3 is 12.4 Å².